The summed E-state index contributed by atoms with van der Waals surface area (Å²) in [6, 6.07) is 0. The van der Waals surface area contributed by atoms with Gasteiger partial charge in [0.25, 0.3) is 0 Å². The Labute approximate surface area is 74.6 Å². The quantitative estimate of drug-likeness (QED) is 0.520. The Hall–Kier alpha value is -0.590. The first-order valence-corrected chi connectivity index (χ1v) is 5.11. The van der Waals surface area contributed by atoms with Gasteiger partial charge in [0, 0.05) is 12.3 Å². The maximum absolute atomic E-state index is 4.59. The van der Waals surface area contributed by atoms with E-state index in [2.05, 4.69) is 18.0 Å². The predicted octanol–water partition coefficient (Wildman–Crippen LogP) is 2.97. The normalized spacial score (nSPS) is 34.2. The van der Waals surface area contributed by atoms with Crippen LogP contribution in [0.1, 0.15) is 39.0 Å². The van der Waals surface area contributed by atoms with Crippen molar-refractivity contribution in [2.75, 3.05) is 6.54 Å². The molecule has 0 bridgehead atoms. The Kier molecular flexibility index (Phi) is 2.29. The average Bonchev–Trinajstić information content (AvgIpc) is 2.47. The molecule has 1 heterocycles. The van der Waals surface area contributed by atoms with Crippen LogP contribution in [0.4, 0.5) is 0 Å². The third-order valence-corrected chi connectivity index (χ3v) is 2.94. The predicted molar refractivity (Wildman–Crippen MR) is 52.6 cm³/mol. The summed E-state index contributed by atoms with van der Waals surface area (Å²) >= 11 is 0. The van der Waals surface area contributed by atoms with E-state index in [1.807, 2.05) is 0 Å². The third-order valence-electron chi connectivity index (χ3n) is 2.94. The fraction of sp³-hybridized carbons (Fsp3) is 0.727. The van der Waals surface area contributed by atoms with Crippen molar-refractivity contribution in [1.29, 1.82) is 0 Å². The molecule has 0 N–H and O–H groups in total. The minimum atomic E-state index is 0.721. The van der Waals surface area contributed by atoms with Gasteiger partial charge in [-0.05, 0) is 37.2 Å². The van der Waals surface area contributed by atoms with Crippen LogP contribution >= 0.6 is 0 Å². The van der Waals surface area contributed by atoms with Crippen molar-refractivity contribution in [3.63, 3.8) is 0 Å². The number of nitrogens with zero attached hydrogens (tertiary/aromatic N) is 1. The van der Waals surface area contributed by atoms with Crippen LogP contribution in [-0.4, -0.2) is 12.3 Å². The monoisotopic (exact) mass is 163 g/mol. The van der Waals surface area contributed by atoms with Crippen molar-refractivity contribution in [1.82, 2.24) is 0 Å². The number of allylic oxidation sites excluding steroid dienone is 1. The van der Waals surface area contributed by atoms with Crippen LogP contribution in [-0.2, 0) is 0 Å². The van der Waals surface area contributed by atoms with Gasteiger partial charge in [-0.15, -0.1) is 0 Å². The van der Waals surface area contributed by atoms with Crippen LogP contribution in [0.5, 0.6) is 0 Å². The maximum atomic E-state index is 4.59. The fourth-order valence-electron chi connectivity index (χ4n) is 2.21. The van der Waals surface area contributed by atoms with Crippen molar-refractivity contribution in [2.24, 2.45) is 10.9 Å². The molecule has 0 radical (unpaired) electrons. The van der Waals surface area contributed by atoms with Gasteiger partial charge in [-0.25, -0.2) is 0 Å². The summed E-state index contributed by atoms with van der Waals surface area (Å²) in [6.07, 6.45) is 9.00. The first kappa shape index (κ1) is 8.03. The molecule has 0 aromatic carbocycles. The van der Waals surface area contributed by atoms with Crippen molar-refractivity contribution >= 4 is 5.71 Å². The first-order valence-electron chi connectivity index (χ1n) is 5.11. The van der Waals surface area contributed by atoms with Crippen LogP contribution in [0.3, 0.4) is 0 Å². The minimum Gasteiger partial charge on any atom is -0.289 e. The zero-order chi connectivity index (χ0) is 8.39. The summed E-state index contributed by atoms with van der Waals surface area (Å²) in [7, 11) is 0. The molecular weight excluding hydrogens is 146 g/mol. The average molecular weight is 163 g/mol. The van der Waals surface area contributed by atoms with E-state index in [9.17, 15) is 0 Å². The van der Waals surface area contributed by atoms with E-state index in [1.165, 1.54) is 37.8 Å². The molecule has 2 rings (SSSR count). The molecule has 0 aromatic rings. The Morgan fingerprint density at radius 3 is 3.25 bits per heavy atom. The number of rotatable bonds is 0. The molecule has 0 saturated carbocycles. The van der Waals surface area contributed by atoms with Gasteiger partial charge in [0.2, 0.25) is 0 Å². The van der Waals surface area contributed by atoms with Gasteiger partial charge < -0.3 is 0 Å². The molecule has 1 nitrogen and oxygen atoms in total. The second-order valence-corrected chi connectivity index (χ2v) is 3.93. The highest BCUT2D eigenvalue weighted by molar-refractivity contribution is 6.03. The summed E-state index contributed by atoms with van der Waals surface area (Å²) in [5, 5.41) is 0. The zero-order valence-electron chi connectivity index (χ0n) is 7.84. The number of aliphatic imine (C=N–C) groups is 1. The lowest BCUT2D eigenvalue weighted by Gasteiger charge is -2.15. The van der Waals surface area contributed by atoms with E-state index < -0.39 is 0 Å². The summed E-state index contributed by atoms with van der Waals surface area (Å²) in [6.45, 7) is 3.37. The molecular formula is C11H17N. The van der Waals surface area contributed by atoms with Crippen molar-refractivity contribution in [3.05, 3.63) is 11.6 Å². The highest BCUT2D eigenvalue weighted by Gasteiger charge is 2.20. The van der Waals surface area contributed by atoms with Crippen molar-refractivity contribution in [3.8, 4) is 0 Å². The molecule has 2 aliphatic rings. The Bertz CT molecular complexity index is 225. The van der Waals surface area contributed by atoms with Gasteiger partial charge in [0.15, 0.2) is 0 Å². The Morgan fingerprint density at radius 1 is 1.42 bits per heavy atom. The number of fused-ring (bicyclic) bond motifs is 1. The molecule has 1 aliphatic heterocycles. The molecule has 0 fully saturated rings. The third kappa shape index (κ3) is 1.45. The Morgan fingerprint density at radius 2 is 2.33 bits per heavy atom. The molecule has 1 aliphatic carbocycles. The molecule has 0 aromatic heterocycles. The van der Waals surface area contributed by atoms with E-state index in [0.717, 1.165) is 12.5 Å². The van der Waals surface area contributed by atoms with Gasteiger partial charge in [-0.2, -0.15) is 0 Å². The second-order valence-electron chi connectivity index (χ2n) is 3.93. The van der Waals surface area contributed by atoms with Gasteiger partial charge in [0.05, 0.1) is 0 Å². The highest BCUT2D eigenvalue weighted by atomic mass is 14.8. The Balaban J connectivity index is 2.21. The van der Waals surface area contributed by atoms with Crippen molar-refractivity contribution in [2.45, 2.75) is 39.0 Å². The summed E-state index contributed by atoms with van der Waals surface area (Å²) in [5.74, 6) is 0.721. The molecule has 12 heavy (non-hydrogen) atoms. The molecule has 66 valence electrons. The topological polar surface area (TPSA) is 12.4 Å². The fourth-order valence-corrected chi connectivity index (χ4v) is 2.21. The molecule has 1 unspecified atom stereocenters. The maximum Gasteiger partial charge on any atom is 0.0433 e. The van der Waals surface area contributed by atoms with Gasteiger partial charge in [-0.3, -0.25) is 4.99 Å². The summed E-state index contributed by atoms with van der Waals surface area (Å²) < 4.78 is 0. The van der Waals surface area contributed by atoms with Gasteiger partial charge in [-0.1, -0.05) is 19.4 Å². The lowest BCUT2D eigenvalue weighted by Crippen LogP contribution is -2.12. The summed E-state index contributed by atoms with van der Waals surface area (Å²) in [4.78, 5) is 4.59. The molecule has 0 saturated heterocycles. The van der Waals surface area contributed by atoms with Crippen molar-refractivity contribution < 1.29 is 0 Å². The van der Waals surface area contributed by atoms with Crippen LogP contribution in [0.2, 0.25) is 0 Å². The van der Waals surface area contributed by atoms with E-state index in [1.54, 1.807) is 5.57 Å². The number of hydrogen-bond donors (Lipinski definition) is 0. The molecule has 1 heteroatoms. The number of hydrogen-bond acceptors (Lipinski definition) is 1. The first-order chi connectivity index (χ1) is 5.88. The largest absolute Gasteiger partial charge is 0.289 e. The van der Waals surface area contributed by atoms with E-state index in [-0.39, 0.29) is 0 Å². The smallest absolute Gasteiger partial charge is 0.0433 e. The highest BCUT2D eigenvalue weighted by Crippen LogP contribution is 2.25. The van der Waals surface area contributed by atoms with E-state index in [4.69, 9.17) is 0 Å². The van der Waals surface area contributed by atoms with E-state index >= 15 is 0 Å². The SMILES string of the molecule is CC1CCCC/C=C2/CCN=C21. The summed E-state index contributed by atoms with van der Waals surface area (Å²) in [5.41, 5.74) is 2.98. The lowest BCUT2D eigenvalue weighted by atomic mass is 9.90. The van der Waals surface area contributed by atoms with Crippen LogP contribution < -0.4 is 0 Å². The standard InChI is InChI=1S/C11H17N/c1-9-5-3-2-4-6-10-7-8-12-11(9)10/h6,9H,2-5,7-8H2,1H3/b10-6-. The van der Waals surface area contributed by atoms with Crippen LogP contribution in [0, 0.1) is 5.92 Å². The van der Waals surface area contributed by atoms with E-state index in [0.29, 0.717) is 0 Å². The molecule has 1 atom stereocenters. The minimum absolute atomic E-state index is 0.721. The van der Waals surface area contributed by atoms with Crippen LogP contribution in [0.25, 0.3) is 0 Å². The molecule has 0 spiro atoms. The zero-order valence-corrected chi connectivity index (χ0v) is 7.84. The van der Waals surface area contributed by atoms with Gasteiger partial charge >= 0.3 is 0 Å². The van der Waals surface area contributed by atoms with Gasteiger partial charge in [0.1, 0.15) is 0 Å². The van der Waals surface area contributed by atoms with Crippen LogP contribution in [0.15, 0.2) is 16.6 Å². The lowest BCUT2D eigenvalue weighted by molar-refractivity contribution is 0.601. The molecule has 0 amide bonds. The second kappa shape index (κ2) is 3.42.